The molecule has 6 heteroatoms. The van der Waals surface area contributed by atoms with Crippen molar-refractivity contribution in [2.24, 2.45) is 10.9 Å². The van der Waals surface area contributed by atoms with Gasteiger partial charge in [0.15, 0.2) is 5.96 Å². The van der Waals surface area contributed by atoms with Gasteiger partial charge in [-0.15, -0.1) is 30.6 Å². The molecule has 0 aromatic rings. The smallest absolute Gasteiger partial charge is 0.191 e. The molecule has 112 valence electrons. The van der Waals surface area contributed by atoms with Crippen LogP contribution in [0.2, 0.25) is 0 Å². The molecule has 0 radical (unpaired) electrons. The Morgan fingerprint density at radius 1 is 1.42 bits per heavy atom. The van der Waals surface area contributed by atoms with Crippen molar-refractivity contribution in [3.05, 3.63) is 12.7 Å². The van der Waals surface area contributed by atoms with Crippen LogP contribution >= 0.6 is 24.0 Å². The lowest BCUT2D eigenvalue weighted by atomic mass is 10.1. The number of ether oxygens (including phenoxy) is 1. The molecular formula is C13H27IN4O. The second-order valence-electron chi connectivity index (χ2n) is 4.64. The van der Waals surface area contributed by atoms with E-state index >= 15 is 0 Å². The van der Waals surface area contributed by atoms with Gasteiger partial charge in [0.2, 0.25) is 0 Å². The predicted molar refractivity (Wildman–Crippen MR) is 91.4 cm³/mol. The lowest BCUT2D eigenvalue weighted by molar-refractivity contribution is 0.0320. The highest BCUT2D eigenvalue weighted by Gasteiger charge is 2.13. The Bertz CT molecular complexity index is 267. The second-order valence-corrected chi connectivity index (χ2v) is 4.64. The van der Waals surface area contributed by atoms with Gasteiger partial charge < -0.3 is 15.4 Å². The van der Waals surface area contributed by atoms with Crippen molar-refractivity contribution < 1.29 is 4.74 Å². The van der Waals surface area contributed by atoms with Crippen LogP contribution in [-0.4, -0.2) is 63.8 Å². The molecule has 0 saturated carbocycles. The van der Waals surface area contributed by atoms with Crippen LogP contribution in [0.25, 0.3) is 0 Å². The molecular weight excluding hydrogens is 355 g/mol. The molecule has 0 aliphatic carbocycles. The molecule has 0 amide bonds. The summed E-state index contributed by atoms with van der Waals surface area (Å²) in [6, 6.07) is 0. The van der Waals surface area contributed by atoms with Crippen molar-refractivity contribution in [2.45, 2.75) is 6.92 Å². The van der Waals surface area contributed by atoms with Crippen LogP contribution in [0.1, 0.15) is 6.92 Å². The maximum atomic E-state index is 5.35. The molecule has 1 saturated heterocycles. The average Bonchev–Trinajstić information content (AvgIpc) is 2.40. The van der Waals surface area contributed by atoms with E-state index in [1.807, 2.05) is 6.08 Å². The van der Waals surface area contributed by atoms with E-state index in [4.69, 9.17) is 4.74 Å². The third-order valence-corrected chi connectivity index (χ3v) is 2.93. The van der Waals surface area contributed by atoms with Crippen LogP contribution in [0.3, 0.4) is 0 Å². The van der Waals surface area contributed by atoms with E-state index in [0.717, 1.165) is 51.9 Å². The van der Waals surface area contributed by atoms with Crippen LogP contribution in [0, 0.1) is 5.92 Å². The monoisotopic (exact) mass is 382 g/mol. The number of nitrogens with one attached hydrogen (secondary N) is 2. The van der Waals surface area contributed by atoms with Crippen molar-refractivity contribution in [1.29, 1.82) is 0 Å². The van der Waals surface area contributed by atoms with Crippen molar-refractivity contribution in [2.75, 3.05) is 53.0 Å². The Balaban J connectivity index is 0.00000324. The number of halogens is 1. The quantitative estimate of drug-likeness (QED) is 0.311. The number of aliphatic imine (C=N–C) groups is 1. The van der Waals surface area contributed by atoms with Gasteiger partial charge >= 0.3 is 0 Å². The first kappa shape index (κ1) is 18.7. The average molecular weight is 382 g/mol. The summed E-state index contributed by atoms with van der Waals surface area (Å²) in [7, 11) is 1.78. The first-order valence-corrected chi connectivity index (χ1v) is 6.61. The second kappa shape index (κ2) is 11.5. The normalized spacial score (nSPS) is 18.3. The summed E-state index contributed by atoms with van der Waals surface area (Å²) in [5.41, 5.74) is 0. The molecule has 0 aromatic carbocycles. The predicted octanol–water partition coefficient (Wildman–Crippen LogP) is 0.924. The molecule has 19 heavy (non-hydrogen) atoms. The molecule has 1 rings (SSSR count). The van der Waals surface area contributed by atoms with Gasteiger partial charge in [0, 0.05) is 39.8 Å². The SMILES string of the molecule is C=CCNC(=NC)NCC(C)CN1CCOCC1.I. The largest absolute Gasteiger partial charge is 0.379 e. The summed E-state index contributed by atoms with van der Waals surface area (Å²) in [6.45, 7) is 12.5. The Morgan fingerprint density at radius 2 is 2.11 bits per heavy atom. The van der Waals surface area contributed by atoms with Gasteiger partial charge in [-0.25, -0.2) is 0 Å². The van der Waals surface area contributed by atoms with E-state index in [-0.39, 0.29) is 24.0 Å². The topological polar surface area (TPSA) is 48.9 Å². The highest BCUT2D eigenvalue weighted by Crippen LogP contribution is 2.02. The summed E-state index contributed by atoms with van der Waals surface area (Å²) in [5.74, 6) is 1.43. The molecule has 1 aliphatic rings. The summed E-state index contributed by atoms with van der Waals surface area (Å²) < 4.78 is 5.35. The Kier molecular flexibility index (Phi) is 11.3. The minimum Gasteiger partial charge on any atom is -0.379 e. The number of nitrogens with zero attached hydrogens (tertiary/aromatic N) is 2. The molecule has 1 aliphatic heterocycles. The van der Waals surface area contributed by atoms with Gasteiger partial charge in [-0.1, -0.05) is 13.0 Å². The van der Waals surface area contributed by atoms with Gasteiger partial charge in [-0.05, 0) is 5.92 Å². The molecule has 0 spiro atoms. The maximum absolute atomic E-state index is 5.35. The standard InChI is InChI=1S/C13H26N4O.HI/c1-4-5-15-13(14-3)16-10-12(2)11-17-6-8-18-9-7-17;/h4,12H,1,5-11H2,2-3H3,(H2,14,15,16);1H. The molecule has 1 unspecified atom stereocenters. The zero-order valence-electron chi connectivity index (χ0n) is 12.0. The van der Waals surface area contributed by atoms with Gasteiger partial charge in [-0.2, -0.15) is 0 Å². The summed E-state index contributed by atoms with van der Waals surface area (Å²) >= 11 is 0. The lowest BCUT2D eigenvalue weighted by Crippen LogP contribution is -2.43. The van der Waals surface area contributed by atoms with Gasteiger partial charge in [0.25, 0.3) is 0 Å². The van der Waals surface area contributed by atoms with E-state index in [2.05, 4.69) is 34.0 Å². The van der Waals surface area contributed by atoms with Crippen LogP contribution < -0.4 is 10.6 Å². The van der Waals surface area contributed by atoms with Gasteiger partial charge in [0.1, 0.15) is 0 Å². The Hall–Kier alpha value is -0.340. The minimum absolute atomic E-state index is 0. The zero-order valence-corrected chi connectivity index (χ0v) is 14.4. The Morgan fingerprint density at radius 3 is 2.68 bits per heavy atom. The molecule has 0 bridgehead atoms. The van der Waals surface area contributed by atoms with E-state index in [9.17, 15) is 0 Å². The minimum atomic E-state index is 0. The number of morpholine rings is 1. The molecule has 1 heterocycles. The maximum Gasteiger partial charge on any atom is 0.191 e. The molecule has 1 atom stereocenters. The number of hydrogen-bond acceptors (Lipinski definition) is 3. The van der Waals surface area contributed by atoms with Crippen LogP contribution in [0.5, 0.6) is 0 Å². The van der Waals surface area contributed by atoms with E-state index < -0.39 is 0 Å². The zero-order chi connectivity index (χ0) is 13.2. The van der Waals surface area contributed by atoms with Crippen molar-refractivity contribution in [1.82, 2.24) is 15.5 Å². The van der Waals surface area contributed by atoms with Crippen molar-refractivity contribution in [3.63, 3.8) is 0 Å². The lowest BCUT2D eigenvalue weighted by Gasteiger charge is -2.29. The van der Waals surface area contributed by atoms with E-state index in [1.165, 1.54) is 0 Å². The molecule has 1 fully saturated rings. The van der Waals surface area contributed by atoms with Crippen LogP contribution in [-0.2, 0) is 4.74 Å². The first-order valence-electron chi connectivity index (χ1n) is 6.61. The molecule has 0 aromatic heterocycles. The fourth-order valence-corrected chi connectivity index (χ4v) is 1.95. The fraction of sp³-hybridized carbons (Fsp3) is 0.769. The fourth-order valence-electron chi connectivity index (χ4n) is 1.95. The Labute approximate surface area is 133 Å². The summed E-state index contributed by atoms with van der Waals surface area (Å²) in [5, 5.41) is 6.49. The molecule has 2 N–H and O–H groups in total. The van der Waals surface area contributed by atoms with Gasteiger partial charge in [0.05, 0.1) is 13.2 Å². The third kappa shape index (κ3) is 8.43. The number of hydrogen-bond donors (Lipinski definition) is 2. The van der Waals surface area contributed by atoms with E-state index in [0.29, 0.717) is 5.92 Å². The van der Waals surface area contributed by atoms with Crippen molar-refractivity contribution >= 4 is 29.9 Å². The number of guanidine groups is 1. The van der Waals surface area contributed by atoms with E-state index in [1.54, 1.807) is 7.05 Å². The molecule has 5 nitrogen and oxygen atoms in total. The highest BCUT2D eigenvalue weighted by molar-refractivity contribution is 14.0. The third-order valence-electron chi connectivity index (χ3n) is 2.93. The highest BCUT2D eigenvalue weighted by atomic mass is 127. The van der Waals surface area contributed by atoms with Crippen LogP contribution in [0.15, 0.2) is 17.6 Å². The van der Waals surface area contributed by atoms with Crippen molar-refractivity contribution in [3.8, 4) is 0 Å². The van der Waals surface area contributed by atoms with Gasteiger partial charge in [-0.3, -0.25) is 9.89 Å². The first-order chi connectivity index (χ1) is 8.76. The number of rotatable bonds is 6. The summed E-state index contributed by atoms with van der Waals surface area (Å²) in [6.07, 6.45) is 1.82. The summed E-state index contributed by atoms with van der Waals surface area (Å²) in [4.78, 5) is 6.61. The van der Waals surface area contributed by atoms with Crippen LogP contribution in [0.4, 0.5) is 0 Å².